The Hall–Kier alpha value is -1.52. The molecule has 0 heterocycles. The van der Waals surface area contributed by atoms with E-state index in [-0.39, 0.29) is 0 Å². The van der Waals surface area contributed by atoms with Crippen molar-refractivity contribution in [2.45, 2.75) is 13.5 Å². The summed E-state index contributed by atoms with van der Waals surface area (Å²) in [5.41, 5.74) is 2.48. The van der Waals surface area contributed by atoms with Crippen LogP contribution in [0.3, 0.4) is 0 Å². The Morgan fingerprint density at radius 3 is 2.45 bits per heavy atom. The second-order valence-corrected chi connectivity index (χ2v) is 5.37. The smallest absolute Gasteiger partial charge is 0.141 e. The number of rotatable bonds is 5. The van der Waals surface area contributed by atoms with Gasteiger partial charge in [-0.1, -0.05) is 6.07 Å². The topological polar surface area (TPSA) is 30.5 Å². The number of ether oxygens (including phenoxy) is 2. The summed E-state index contributed by atoms with van der Waals surface area (Å²) in [5, 5.41) is 3.15. The highest BCUT2D eigenvalue weighted by Gasteiger charge is 2.06. The molecule has 4 heteroatoms. The number of benzene rings is 2. The van der Waals surface area contributed by atoms with Crippen LogP contribution in [0.4, 0.5) is 0 Å². The van der Waals surface area contributed by atoms with Crippen LogP contribution in [-0.2, 0) is 6.54 Å². The zero-order chi connectivity index (χ0) is 14.5. The van der Waals surface area contributed by atoms with Crippen LogP contribution >= 0.6 is 15.9 Å². The summed E-state index contributed by atoms with van der Waals surface area (Å²) in [7, 11) is 3.59. The molecule has 0 atom stereocenters. The molecule has 0 saturated heterocycles. The summed E-state index contributed by atoms with van der Waals surface area (Å²) < 4.78 is 11.9. The van der Waals surface area contributed by atoms with Crippen molar-refractivity contribution in [3.05, 3.63) is 52.0 Å². The lowest BCUT2D eigenvalue weighted by Crippen LogP contribution is -2.06. The molecule has 0 aliphatic rings. The van der Waals surface area contributed by atoms with Crippen molar-refractivity contribution in [1.29, 1.82) is 0 Å². The Morgan fingerprint density at radius 2 is 1.85 bits per heavy atom. The molecule has 2 aromatic carbocycles. The highest BCUT2D eigenvalue weighted by molar-refractivity contribution is 9.10. The van der Waals surface area contributed by atoms with E-state index in [1.807, 2.05) is 37.4 Å². The molecule has 0 aromatic heterocycles. The Morgan fingerprint density at radius 1 is 1.10 bits per heavy atom. The van der Waals surface area contributed by atoms with E-state index < -0.39 is 0 Å². The number of nitrogens with one attached hydrogen (secondary N) is 1. The van der Waals surface area contributed by atoms with Crippen molar-refractivity contribution < 1.29 is 9.47 Å². The largest absolute Gasteiger partial charge is 0.497 e. The summed E-state index contributed by atoms with van der Waals surface area (Å²) in [4.78, 5) is 0. The lowest BCUT2D eigenvalue weighted by molar-refractivity contribution is 0.412. The van der Waals surface area contributed by atoms with Crippen molar-refractivity contribution >= 4 is 15.9 Å². The maximum atomic E-state index is 5.90. The van der Waals surface area contributed by atoms with Crippen LogP contribution < -0.4 is 14.8 Å². The first-order valence-corrected chi connectivity index (χ1v) is 7.19. The van der Waals surface area contributed by atoms with E-state index in [0.29, 0.717) is 0 Å². The van der Waals surface area contributed by atoms with Crippen LogP contribution in [0.15, 0.2) is 40.9 Å². The fourth-order valence-corrected chi connectivity index (χ4v) is 2.38. The Kier molecular flexibility index (Phi) is 5.04. The van der Waals surface area contributed by atoms with Crippen LogP contribution in [0.2, 0.25) is 0 Å². The third-order valence-electron chi connectivity index (χ3n) is 3.05. The molecule has 0 aliphatic carbocycles. The van der Waals surface area contributed by atoms with Crippen molar-refractivity contribution in [1.82, 2.24) is 5.32 Å². The van der Waals surface area contributed by atoms with Gasteiger partial charge in [-0.3, -0.25) is 0 Å². The first-order valence-electron chi connectivity index (χ1n) is 6.39. The molecule has 3 nitrogen and oxygen atoms in total. The maximum absolute atomic E-state index is 5.90. The fourth-order valence-electron chi connectivity index (χ4n) is 1.94. The molecule has 0 bridgehead atoms. The maximum Gasteiger partial charge on any atom is 0.141 e. The standard InChI is InChI=1S/C16H18BrNO2/c1-11-8-14(5-4-12(11)10-18-2)20-16-7-6-13(19-3)9-15(16)17/h4-9,18H,10H2,1-3H3. The van der Waals surface area contributed by atoms with Gasteiger partial charge < -0.3 is 14.8 Å². The van der Waals surface area contributed by atoms with E-state index >= 15 is 0 Å². The third-order valence-corrected chi connectivity index (χ3v) is 3.67. The predicted octanol–water partition coefficient (Wildman–Crippen LogP) is 4.28. The molecule has 0 unspecified atom stereocenters. The number of aryl methyl sites for hydroxylation is 1. The average Bonchev–Trinajstić information content (AvgIpc) is 2.44. The van der Waals surface area contributed by atoms with Gasteiger partial charge in [0.15, 0.2) is 0 Å². The first-order chi connectivity index (χ1) is 9.63. The molecule has 0 radical (unpaired) electrons. The van der Waals surface area contributed by atoms with Crippen LogP contribution in [0.5, 0.6) is 17.2 Å². The molecule has 0 spiro atoms. The zero-order valence-electron chi connectivity index (χ0n) is 11.9. The van der Waals surface area contributed by atoms with E-state index in [9.17, 15) is 0 Å². The monoisotopic (exact) mass is 335 g/mol. The highest BCUT2D eigenvalue weighted by Crippen LogP contribution is 2.33. The van der Waals surface area contributed by atoms with E-state index in [1.54, 1.807) is 7.11 Å². The predicted molar refractivity (Wildman–Crippen MR) is 84.7 cm³/mol. The molecule has 1 N–H and O–H groups in total. The van der Waals surface area contributed by atoms with Crippen LogP contribution in [-0.4, -0.2) is 14.2 Å². The van der Waals surface area contributed by atoms with Crippen LogP contribution in [0.1, 0.15) is 11.1 Å². The summed E-state index contributed by atoms with van der Waals surface area (Å²) in [6.07, 6.45) is 0. The SMILES string of the molecule is CNCc1ccc(Oc2ccc(OC)cc2Br)cc1C. The van der Waals surface area contributed by atoms with Gasteiger partial charge in [0.25, 0.3) is 0 Å². The second-order valence-electron chi connectivity index (χ2n) is 4.52. The number of hydrogen-bond donors (Lipinski definition) is 1. The second kappa shape index (κ2) is 6.77. The van der Waals surface area contributed by atoms with Gasteiger partial charge in [0.1, 0.15) is 17.2 Å². The van der Waals surface area contributed by atoms with E-state index in [4.69, 9.17) is 9.47 Å². The summed E-state index contributed by atoms with van der Waals surface area (Å²) >= 11 is 3.49. The van der Waals surface area contributed by atoms with E-state index in [2.05, 4.69) is 34.2 Å². The number of methoxy groups -OCH3 is 1. The molecule has 0 fully saturated rings. The molecular formula is C16H18BrNO2. The van der Waals surface area contributed by atoms with Crippen molar-refractivity contribution in [2.75, 3.05) is 14.2 Å². The minimum atomic E-state index is 0.770. The van der Waals surface area contributed by atoms with Gasteiger partial charge in [-0.05, 0) is 71.4 Å². The number of halogens is 1. The molecule has 0 aliphatic heterocycles. The van der Waals surface area contributed by atoms with E-state index in [0.717, 1.165) is 28.3 Å². The Labute approximate surface area is 128 Å². The number of hydrogen-bond acceptors (Lipinski definition) is 3. The zero-order valence-corrected chi connectivity index (χ0v) is 13.5. The van der Waals surface area contributed by atoms with Gasteiger partial charge in [0, 0.05) is 6.54 Å². The van der Waals surface area contributed by atoms with Crippen molar-refractivity contribution in [3.8, 4) is 17.2 Å². The Bertz CT molecular complexity index is 599. The Balaban J connectivity index is 2.19. The first kappa shape index (κ1) is 14.9. The van der Waals surface area contributed by atoms with E-state index in [1.165, 1.54) is 11.1 Å². The van der Waals surface area contributed by atoms with Crippen molar-refractivity contribution in [2.24, 2.45) is 0 Å². The highest BCUT2D eigenvalue weighted by atomic mass is 79.9. The summed E-state index contributed by atoms with van der Waals surface area (Å²) in [5.74, 6) is 2.39. The van der Waals surface area contributed by atoms with Gasteiger partial charge in [-0.2, -0.15) is 0 Å². The summed E-state index contributed by atoms with van der Waals surface area (Å²) in [6.45, 7) is 2.95. The van der Waals surface area contributed by atoms with Gasteiger partial charge in [-0.25, -0.2) is 0 Å². The molecular weight excluding hydrogens is 318 g/mol. The molecule has 106 valence electrons. The lowest BCUT2D eigenvalue weighted by atomic mass is 10.1. The molecule has 0 amide bonds. The fraction of sp³-hybridized carbons (Fsp3) is 0.250. The molecule has 20 heavy (non-hydrogen) atoms. The van der Waals surface area contributed by atoms with Gasteiger partial charge in [0.2, 0.25) is 0 Å². The molecule has 0 saturated carbocycles. The van der Waals surface area contributed by atoms with Gasteiger partial charge >= 0.3 is 0 Å². The quantitative estimate of drug-likeness (QED) is 0.884. The molecule has 2 rings (SSSR count). The van der Waals surface area contributed by atoms with Gasteiger partial charge in [-0.15, -0.1) is 0 Å². The van der Waals surface area contributed by atoms with Crippen LogP contribution in [0.25, 0.3) is 0 Å². The van der Waals surface area contributed by atoms with Crippen LogP contribution in [0, 0.1) is 6.92 Å². The molecule has 2 aromatic rings. The van der Waals surface area contributed by atoms with Crippen molar-refractivity contribution in [3.63, 3.8) is 0 Å². The lowest BCUT2D eigenvalue weighted by Gasteiger charge is -2.11. The normalized spacial score (nSPS) is 10.4. The minimum Gasteiger partial charge on any atom is -0.497 e. The third kappa shape index (κ3) is 3.52. The van der Waals surface area contributed by atoms with Gasteiger partial charge in [0.05, 0.1) is 11.6 Å². The minimum absolute atomic E-state index is 0.770. The average molecular weight is 336 g/mol. The summed E-state index contributed by atoms with van der Waals surface area (Å²) in [6, 6.07) is 11.8.